The van der Waals surface area contributed by atoms with E-state index < -0.39 is 6.09 Å². The topological polar surface area (TPSA) is 120 Å². The Morgan fingerprint density at radius 3 is 2.16 bits per heavy atom. The predicted molar refractivity (Wildman–Crippen MR) is 135 cm³/mol. The van der Waals surface area contributed by atoms with Crippen LogP contribution >= 0.6 is 44.1 Å². The van der Waals surface area contributed by atoms with Gasteiger partial charge in [-0.1, -0.05) is 18.2 Å². The van der Waals surface area contributed by atoms with Crippen LogP contribution in [-0.2, 0) is 14.1 Å². The van der Waals surface area contributed by atoms with E-state index >= 15 is 0 Å². The van der Waals surface area contributed by atoms with Gasteiger partial charge in [-0.05, 0) is 68.3 Å². The van der Waals surface area contributed by atoms with Crippen LogP contribution in [0.25, 0.3) is 0 Å². The van der Waals surface area contributed by atoms with E-state index in [2.05, 4.69) is 42.5 Å². The Kier molecular flexibility index (Phi) is 9.17. The first kappa shape index (κ1) is 25.3. The Balaban J connectivity index is 0.000000303. The van der Waals surface area contributed by atoms with Gasteiger partial charge in [0.1, 0.15) is 11.4 Å². The highest BCUT2D eigenvalue weighted by molar-refractivity contribution is 9.10. The minimum atomic E-state index is -0.740. The Bertz CT molecular complexity index is 1220. The molecule has 168 valence electrons. The maximum atomic E-state index is 11.9. The number of benzene rings is 1. The number of nitrogens with zero attached hydrogens (tertiary/aromatic N) is 2. The lowest BCUT2D eigenvalue weighted by Crippen LogP contribution is -2.37. The molecule has 1 aromatic carbocycles. The van der Waals surface area contributed by atoms with E-state index in [1.807, 2.05) is 0 Å². The van der Waals surface area contributed by atoms with Gasteiger partial charge in [-0.3, -0.25) is 14.9 Å². The Labute approximate surface area is 205 Å². The SMILES string of the molecule is Cn1cc(Br)cc(N)c1=O.Cn1cc(Br)cc(NC(=S)NC(=O)Oc2ccccc2)c1=O. The second-order valence-corrected chi connectivity index (χ2v) is 8.54. The summed E-state index contributed by atoms with van der Waals surface area (Å²) >= 11 is 11.5. The lowest BCUT2D eigenvalue weighted by Gasteiger charge is -2.10. The summed E-state index contributed by atoms with van der Waals surface area (Å²) in [4.78, 5) is 34.5. The van der Waals surface area contributed by atoms with Gasteiger partial charge < -0.3 is 24.9 Å². The van der Waals surface area contributed by atoms with Crippen molar-refractivity contribution in [3.8, 4) is 5.75 Å². The van der Waals surface area contributed by atoms with Gasteiger partial charge in [-0.2, -0.15) is 0 Å². The third-order valence-electron chi connectivity index (χ3n) is 3.75. The summed E-state index contributed by atoms with van der Waals surface area (Å²) in [5.74, 6) is 0.390. The number of carbonyl (C=O) groups is 1. The van der Waals surface area contributed by atoms with Crippen LogP contribution in [0.15, 0.2) is 73.4 Å². The van der Waals surface area contributed by atoms with E-state index in [-0.39, 0.29) is 27.6 Å². The summed E-state index contributed by atoms with van der Waals surface area (Å²) in [6.45, 7) is 0. The van der Waals surface area contributed by atoms with Crippen molar-refractivity contribution in [3.63, 3.8) is 0 Å². The lowest BCUT2D eigenvalue weighted by molar-refractivity contribution is 0.206. The normalized spacial score (nSPS) is 9.88. The van der Waals surface area contributed by atoms with Crippen LogP contribution in [-0.4, -0.2) is 20.3 Å². The van der Waals surface area contributed by atoms with Crippen LogP contribution < -0.4 is 32.2 Å². The number of pyridine rings is 2. The fourth-order valence-corrected chi connectivity index (χ4v) is 3.61. The van der Waals surface area contributed by atoms with Crippen LogP contribution in [0, 0.1) is 0 Å². The number of hydrogen-bond acceptors (Lipinski definition) is 6. The number of amides is 1. The lowest BCUT2D eigenvalue weighted by atomic mass is 10.3. The number of hydrogen-bond donors (Lipinski definition) is 3. The minimum Gasteiger partial charge on any atom is -0.410 e. The Morgan fingerprint density at radius 1 is 1.00 bits per heavy atom. The van der Waals surface area contributed by atoms with Gasteiger partial charge in [0, 0.05) is 35.4 Å². The number of aromatic nitrogens is 2. The molecule has 0 fully saturated rings. The summed E-state index contributed by atoms with van der Waals surface area (Å²) in [5.41, 5.74) is 5.42. The number of ether oxygens (including phenoxy) is 1. The van der Waals surface area contributed by atoms with Crippen molar-refractivity contribution in [3.05, 3.63) is 84.5 Å². The predicted octanol–water partition coefficient (Wildman–Crippen LogP) is 3.36. The van der Waals surface area contributed by atoms with E-state index in [9.17, 15) is 14.4 Å². The molecule has 3 rings (SSSR count). The van der Waals surface area contributed by atoms with Crippen LogP contribution in [0.1, 0.15) is 0 Å². The number of nitrogens with two attached hydrogens (primary N) is 1. The number of rotatable bonds is 2. The molecule has 0 spiro atoms. The van der Waals surface area contributed by atoms with E-state index in [0.717, 1.165) is 4.47 Å². The molecule has 0 saturated carbocycles. The molecule has 0 atom stereocenters. The minimum absolute atomic E-state index is 0.0314. The maximum Gasteiger partial charge on any atom is 0.418 e. The molecule has 4 N–H and O–H groups in total. The molecule has 12 heteroatoms. The van der Waals surface area contributed by atoms with Crippen molar-refractivity contribution in [2.24, 2.45) is 14.1 Å². The van der Waals surface area contributed by atoms with Gasteiger partial charge in [0.25, 0.3) is 11.1 Å². The quantitative estimate of drug-likeness (QED) is 0.395. The van der Waals surface area contributed by atoms with E-state index in [1.54, 1.807) is 69.0 Å². The molecule has 0 aliphatic rings. The number of nitrogens with one attached hydrogen (secondary N) is 2. The van der Waals surface area contributed by atoms with Gasteiger partial charge in [-0.25, -0.2) is 4.79 Å². The van der Waals surface area contributed by atoms with Gasteiger partial charge in [0.15, 0.2) is 5.11 Å². The second-order valence-electron chi connectivity index (χ2n) is 6.30. The number of para-hydroxylation sites is 1. The first-order chi connectivity index (χ1) is 15.1. The van der Waals surface area contributed by atoms with Gasteiger partial charge in [0.05, 0.1) is 5.69 Å². The number of anilines is 2. The van der Waals surface area contributed by atoms with E-state index in [1.165, 1.54) is 9.13 Å². The second kappa shape index (κ2) is 11.6. The van der Waals surface area contributed by atoms with Crippen molar-refractivity contribution in [1.29, 1.82) is 0 Å². The first-order valence-corrected chi connectivity index (χ1v) is 10.9. The third kappa shape index (κ3) is 7.62. The number of halogens is 2. The smallest absolute Gasteiger partial charge is 0.410 e. The standard InChI is InChI=1S/C14H12BrN3O3S.C6H7BrN2O/c1-18-8-9(15)7-11(12(18)19)16-13(22)17-14(20)21-10-5-3-2-4-6-10;1-9-3-4(7)2-5(8)6(9)10/h2-8H,1H3,(H2,16,17,20,22);2-3H,8H2,1H3. The molecule has 0 saturated heterocycles. The number of nitrogen functional groups attached to an aromatic ring is 1. The highest BCUT2D eigenvalue weighted by Crippen LogP contribution is 2.12. The Hall–Kier alpha value is -2.96. The first-order valence-electron chi connectivity index (χ1n) is 8.89. The fourth-order valence-electron chi connectivity index (χ4n) is 2.32. The summed E-state index contributed by atoms with van der Waals surface area (Å²) in [7, 11) is 3.27. The summed E-state index contributed by atoms with van der Waals surface area (Å²) in [5, 5.41) is 4.97. The molecule has 3 aromatic rings. The highest BCUT2D eigenvalue weighted by Gasteiger charge is 2.10. The highest BCUT2D eigenvalue weighted by atomic mass is 79.9. The molecule has 0 aliphatic carbocycles. The number of aryl methyl sites for hydroxylation is 2. The number of carbonyl (C=O) groups excluding carboxylic acids is 1. The summed E-state index contributed by atoms with van der Waals surface area (Å²) < 4.78 is 9.36. The van der Waals surface area contributed by atoms with Crippen LogP contribution in [0.5, 0.6) is 5.75 Å². The molecule has 1 amide bonds. The van der Waals surface area contributed by atoms with Gasteiger partial charge >= 0.3 is 6.09 Å². The van der Waals surface area contributed by atoms with Crippen LogP contribution in [0.3, 0.4) is 0 Å². The molecule has 9 nitrogen and oxygen atoms in total. The van der Waals surface area contributed by atoms with Crippen molar-refractivity contribution < 1.29 is 9.53 Å². The zero-order valence-corrected chi connectivity index (χ0v) is 21.0. The molecule has 0 bridgehead atoms. The van der Waals surface area contributed by atoms with Gasteiger partial charge in [0.2, 0.25) is 0 Å². The van der Waals surface area contributed by atoms with Crippen molar-refractivity contribution >= 4 is 66.7 Å². The fraction of sp³-hybridized carbons (Fsp3) is 0.100. The van der Waals surface area contributed by atoms with Crippen LogP contribution in [0.2, 0.25) is 0 Å². The van der Waals surface area contributed by atoms with E-state index in [0.29, 0.717) is 10.2 Å². The third-order valence-corrected chi connectivity index (χ3v) is 4.82. The monoisotopic (exact) mass is 583 g/mol. The van der Waals surface area contributed by atoms with Crippen molar-refractivity contribution in [2.75, 3.05) is 11.1 Å². The summed E-state index contributed by atoms with van der Waals surface area (Å²) in [6.07, 6.45) is 2.54. The zero-order valence-electron chi connectivity index (χ0n) is 17.0. The largest absolute Gasteiger partial charge is 0.418 e. The molecule has 2 aromatic heterocycles. The maximum absolute atomic E-state index is 11.9. The molecular formula is C20H19Br2N5O4S. The van der Waals surface area contributed by atoms with E-state index in [4.69, 9.17) is 22.7 Å². The van der Waals surface area contributed by atoms with Crippen molar-refractivity contribution in [1.82, 2.24) is 14.5 Å². The average molecular weight is 585 g/mol. The van der Waals surface area contributed by atoms with Crippen LogP contribution in [0.4, 0.5) is 16.2 Å². The molecular weight excluding hydrogens is 566 g/mol. The molecule has 2 heterocycles. The zero-order chi connectivity index (χ0) is 23.8. The van der Waals surface area contributed by atoms with Crippen molar-refractivity contribution in [2.45, 2.75) is 0 Å². The van der Waals surface area contributed by atoms with Gasteiger partial charge in [-0.15, -0.1) is 0 Å². The number of thiocarbonyl (C=S) groups is 1. The molecule has 0 aliphatic heterocycles. The molecule has 0 radical (unpaired) electrons. The Morgan fingerprint density at radius 2 is 1.56 bits per heavy atom. The molecule has 0 unspecified atom stereocenters. The average Bonchev–Trinajstić information content (AvgIpc) is 2.70. The summed E-state index contributed by atoms with van der Waals surface area (Å²) in [6, 6.07) is 11.7. The molecule has 32 heavy (non-hydrogen) atoms.